The average molecular weight is 444 g/mol. The largest absolute Gasteiger partial charge is 0.495 e. The van der Waals surface area contributed by atoms with Crippen LogP contribution in [0.5, 0.6) is 5.75 Å². The Hall–Kier alpha value is -2.68. The third kappa shape index (κ3) is 4.98. The zero-order valence-electron chi connectivity index (χ0n) is 17.4. The van der Waals surface area contributed by atoms with E-state index in [-0.39, 0.29) is 30.3 Å². The zero-order valence-corrected chi connectivity index (χ0v) is 18.1. The molecular weight excluding hydrogens is 418 g/mol. The Morgan fingerprint density at radius 1 is 1.16 bits per heavy atom. The molecule has 2 amide bonds. The van der Waals surface area contributed by atoms with Crippen molar-refractivity contribution in [2.24, 2.45) is 0 Å². The number of hydrogen-bond donors (Lipinski definition) is 2. The van der Waals surface area contributed by atoms with Gasteiger partial charge in [0.25, 0.3) is 0 Å². The zero-order chi connectivity index (χ0) is 21.8. The van der Waals surface area contributed by atoms with Gasteiger partial charge >= 0.3 is 0 Å². The van der Waals surface area contributed by atoms with Gasteiger partial charge in [-0.2, -0.15) is 0 Å². The van der Waals surface area contributed by atoms with Crippen molar-refractivity contribution in [1.82, 2.24) is 25.6 Å². The predicted octanol–water partition coefficient (Wildman–Crippen LogP) is 1.56. The van der Waals surface area contributed by atoms with Gasteiger partial charge in [-0.15, -0.1) is 0 Å². The fourth-order valence-corrected chi connectivity index (χ4v) is 4.30. The summed E-state index contributed by atoms with van der Waals surface area (Å²) in [4.78, 5) is 33.4. The molecule has 0 radical (unpaired) electrons. The van der Waals surface area contributed by atoms with Crippen LogP contribution >= 0.6 is 11.6 Å². The molecule has 0 bridgehead atoms. The van der Waals surface area contributed by atoms with Gasteiger partial charge in [0.05, 0.1) is 18.6 Å². The number of halogens is 1. The molecule has 2 aliphatic rings. The maximum Gasteiger partial charge on any atom is 0.241 e. The van der Waals surface area contributed by atoms with Crippen LogP contribution in [0.4, 0.5) is 0 Å². The fraction of sp³-hybridized carbons (Fsp3) is 0.409. The number of piperazine rings is 1. The molecule has 2 unspecified atom stereocenters. The van der Waals surface area contributed by atoms with Gasteiger partial charge in [0, 0.05) is 44.6 Å². The summed E-state index contributed by atoms with van der Waals surface area (Å²) in [5, 5.41) is 0.491. The normalized spacial score (nSPS) is 21.2. The highest BCUT2D eigenvalue weighted by molar-refractivity contribution is 6.32. The lowest BCUT2D eigenvalue weighted by Gasteiger charge is -2.36. The van der Waals surface area contributed by atoms with Crippen LogP contribution in [0.15, 0.2) is 42.7 Å². The summed E-state index contributed by atoms with van der Waals surface area (Å²) < 4.78 is 5.15. The van der Waals surface area contributed by atoms with Crippen molar-refractivity contribution in [3.05, 3.63) is 58.9 Å². The van der Waals surface area contributed by atoms with E-state index in [1.807, 2.05) is 29.3 Å². The lowest BCUT2D eigenvalue weighted by Crippen LogP contribution is -2.54. The molecule has 2 aromatic rings. The second-order valence-electron chi connectivity index (χ2n) is 7.77. The van der Waals surface area contributed by atoms with Crippen molar-refractivity contribution in [1.29, 1.82) is 0 Å². The molecule has 1 aromatic carbocycles. The number of rotatable bonds is 5. The SMILES string of the molecule is COc1ccc(CC(=O)N2CCN(C(=O)C3CC(c4cccnc4)NN3)CC2)cc1Cl. The van der Waals surface area contributed by atoms with Crippen molar-refractivity contribution in [2.75, 3.05) is 33.3 Å². The van der Waals surface area contributed by atoms with Gasteiger partial charge < -0.3 is 14.5 Å². The van der Waals surface area contributed by atoms with E-state index in [4.69, 9.17) is 16.3 Å². The fourth-order valence-electron chi connectivity index (χ4n) is 4.02. The molecule has 3 heterocycles. The van der Waals surface area contributed by atoms with Gasteiger partial charge in [-0.1, -0.05) is 23.7 Å². The predicted molar refractivity (Wildman–Crippen MR) is 117 cm³/mol. The Bertz CT molecular complexity index is 934. The Morgan fingerprint density at radius 2 is 1.94 bits per heavy atom. The van der Waals surface area contributed by atoms with Gasteiger partial charge in [0.15, 0.2) is 0 Å². The Labute approximate surface area is 186 Å². The Kier molecular flexibility index (Phi) is 6.70. The molecule has 9 heteroatoms. The lowest BCUT2D eigenvalue weighted by atomic mass is 10.0. The van der Waals surface area contributed by atoms with E-state index in [2.05, 4.69) is 15.8 Å². The van der Waals surface area contributed by atoms with Crippen LogP contribution in [0.3, 0.4) is 0 Å². The van der Waals surface area contributed by atoms with Crippen LogP contribution in [0.25, 0.3) is 0 Å². The lowest BCUT2D eigenvalue weighted by molar-refractivity contribution is -0.140. The van der Waals surface area contributed by atoms with Crippen molar-refractivity contribution >= 4 is 23.4 Å². The average Bonchev–Trinajstić information content (AvgIpc) is 3.30. The third-order valence-electron chi connectivity index (χ3n) is 5.80. The van der Waals surface area contributed by atoms with Gasteiger partial charge in [-0.25, -0.2) is 10.9 Å². The standard InChI is InChI=1S/C22H26ClN5O3/c1-31-20-5-4-15(11-17(20)23)12-21(29)27-7-9-28(10-8-27)22(30)19-13-18(25-26-19)16-3-2-6-24-14-16/h2-6,11,14,18-19,25-26H,7-10,12-13H2,1H3. The third-order valence-corrected chi connectivity index (χ3v) is 6.10. The van der Waals surface area contributed by atoms with Crippen LogP contribution in [0.2, 0.25) is 5.02 Å². The monoisotopic (exact) mass is 443 g/mol. The van der Waals surface area contributed by atoms with Crippen LogP contribution in [-0.2, 0) is 16.0 Å². The number of benzene rings is 1. The summed E-state index contributed by atoms with van der Waals surface area (Å²) in [6, 6.07) is 9.04. The van der Waals surface area contributed by atoms with Gasteiger partial charge in [-0.05, 0) is 35.7 Å². The number of hydrogen-bond acceptors (Lipinski definition) is 6. The van der Waals surface area contributed by atoms with E-state index in [0.29, 0.717) is 43.4 Å². The van der Waals surface area contributed by atoms with Crippen molar-refractivity contribution in [3.8, 4) is 5.75 Å². The smallest absolute Gasteiger partial charge is 0.241 e. The topological polar surface area (TPSA) is 86.8 Å². The number of aromatic nitrogens is 1. The van der Waals surface area contributed by atoms with E-state index in [0.717, 1.165) is 11.1 Å². The molecule has 2 fully saturated rings. The van der Waals surface area contributed by atoms with E-state index in [1.165, 1.54) is 0 Å². The van der Waals surface area contributed by atoms with Crippen LogP contribution in [0, 0.1) is 0 Å². The van der Waals surface area contributed by atoms with E-state index in [9.17, 15) is 9.59 Å². The highest BCUT2D eigenvalue weighted by Crippen LogP contribution is 2.26. The molecule has 2 atom stereocenters. The molecule has 1 aromatic heterocycles. The second-order valence-corrected chi connectivity index (χ2v) is 8.17. The maximum absolute atomic E-state index is 12.9. The highest BCUT2D eigenvalue weighted by atomic mass is 35.5. The molecule has 8 nitrogen and oxygen atoms in total. The molecule has 164 valence electrons. The number of amides is 2. The van der Waals surface area contributed by atoms with Crippen molar-refractivity contribution in [3.63, 3.8) is 0 Å². The van der Waals surface area contributed by atoms with Gasteiger partial charge in [-0.3, -0.25) is 14.6 Å². The van der Waals surface area contributed by atoms with E-state index in [1.54, 1.807) is 30.3 Å². The molecule has 2 N–H and O–H groups in total. The molecule has 0 aliphatic carbocycles. The Morgan fingerprint density at radius 3 is 2.61 bits per heavy atom. The van der Waals surface area contributed by atoms with Crippen LogP contribution in [0.1, 0.15) is 23.6 Å². The van der Waals surface area contributed by atoms with Gasteiger partial charge in [0.2, 0.25) is 11.8 Å². The van der Waals surface area contributed by atoms with Crippen LogP contribution < -0.4 is 15.6 Å². The number of nitrogens with zero attached hydrogens (tertiary/aromatic N) is 3. The van der Waals surface area contributed by atoms with E-state index < -0.39 is 0 Å². The quantitative estimate of drug-likeness (QED) is 0.729. The molecule has 4 rings (SSSR count). The molecule has 31 heavy (non-hydrogen) atoms. The molecule has 2 aliphatic heterocycles. The minimum atomic E-state index is -0.283. The summed E-state index contributed by atoms with van der Waals surface area (Å²) >= 11 is 6.16. The minimum absolute atomic E-state index is 0.0330. The summed E-state index contributed by atoms with van der Waals surface area (Å²) in [6.45, 7) is 2.12. The number of pyridine rings is 1. The number of carbonyl (C=O) groups excluding carboxylic acids is 2. The molecule has 0 saturated carbocycles. The summed E-state index contributed by atoms with van der Waals surface area (Å²) in [6.07, 6.45) is 4.49. The minimum Gasteiger partial charge on any atom is -0.495 e. The first-order chi connectivity index (χ1) is 15.0. The summed E-state index contributed by atoms with van der Waals surface area (Å²) in [5.41, 5.74) is 8.20. The summed E-state index contributed by atoms with van der Waals surface area (Å²) in [7, 11) is 1.56. The molecule has 2 saturated heterocycles. The number of hydrazine groups is 1. The first-order valence-electron chi connectivity index (χ1n) is 10.3. The van der Waals surface area contributed by atoms with Crippen molar-refractivity contribution in [2.45, 2.75) is 24.9 Å². The van der Waals surface area contributed by atoms with E-state index >= 15 is 0 Å². The first-order valence-corrected chi connectivity index (χ1v) is 10.7. The Balaban J connectivity index is 1.27. The summed E-state index contributed by atoms with van der Waals surface area (Å²) in [5.74, 6) is 0.685. The number of nitrogens with one attached hydrogen (secondary N) is 2. The highest BCUT2D eigenvalue weighted by Gasteiger charge is 2.34. The second kappa shape index (κ2) is 9.64. The van der Waals surface area contributed by atoms with Crippen LogP contribution in [-0.4, -0.2) is 65.9 Å². The number of ether oxygens (including phenoxy) is 1. The van der Waals surface area contributed by atoms with Gasteiger partial charge in [0.1, 0.15) is 11.8 Å². The number of carbonyl (C=O) groups is 2. The molecular formula is C22H26ClN5O3. The van der Waals surface area contributed by atoms with Crippen molar-refractivity contribution < 1.29 is 14.3 Å². The molecule has 0 spiro atoms. The maximum atomic E-state index is 12.9. The number of methoxy groups -OCH3 is 1. The first kappa shape index (κ1) is 21.5.